The minimum Gasteiger partial charge on any atom is -0.471 e. The molecule has 0 spiro atoms. The van der Waals surface area contributed by atoms with Gasteiger partial charge >= 0.3 is 41.8 Å². The van der Waals surface area contributed by atoms with Gasteiger partial charge in [0.25, 0.3) is 0 Å². The number of fused-ring (bicyclic) bond motifs is 1. The van der Waals surface area contributed by atoms with Gasteiger partial charge in [-0.1, -0.05) is 18.2 Å². The molecule has 4 rings (SSSR count). The van der Waals surface area contributed by atoms with Crippen molar-refractivity contribution in [3.05, 3.63) is 47.7 Å². The Balaban J connectivity index is 1.83. The second-order valence-corrected chi connectivity index (χ2v) is 12.4. The molecular formula is C34H40O18. The first-order valence-corrected chi connectivity index (χ1v) is 16.0. The maximum Gasteiger partial charge on any atom is 0.339 e. The Kier molecular flexibility index (Phi) is 12.3. The number of methoxy groups -OCH3 is 1. The van der Waals surface area contributed by atoms with Crippen molar-refractivity contribution in [1.29, 1.82) is 0 Å². The van der Waals surface area contributed by atoms with E-state index in [4.69, 9.17) is 47.4 Å². The topological polar surface area (TPSA) is 232 Å². The van der Waals surface area contributed by atoms with Crippen LogP contribution in [0.3, 0.4) is 0 Å². The number of aliphatic hydroxyl groups is 1. The summed E-state index contributed by atoms with van der Waals surface area (Å²) in [7, 11) is 1.05. The van der Waals surface area contributed by atoms with Crippen molar-refractivity contribution in [2.75, 3.05) is 13.7 Å². The number of carbonyl (C=O) groups excluding carboxylic acids is 7. The monoisotopic (exact) mass is 736 g/mol. The van der Waals surface area contributed by atoms with Crippen LogP contribution < -0.4 is 0 Å². The van der Waals surface area contributed by atoms with Crippen molar-refractivity contribution in [3.8, 4) is 0 Å². The Labute approximate surface area is 297 Å². The van der Waals surface area contributed by atoms with E-state index in [1.165, 1.54) is 19.1 Å². The molecule has 1 aromatic rings. The van der Waals surface area contributed by atoms with Crippen LogP contribution >= 0.6 is 0 Å². The second-order valence-electron chi connectivity index (χ2n) is 12.4. The lowest BCUT2D eigenvalue weighted by molar-refractivity contribution is -0.354. The lowest BCUT2D eigenvalue weighted by Crippen LogP contribution is -2.65. The minimum absolute atomic E-state index is 0.125. The highest BCUT2D eigenvalue weighted by Gasteiger charge is 2.71. The highest BCUT2D eigenvalue weighted by Crippen LogP contribution is 2.55. The Morgan fingerprint density at radius 1 is 0.769 bits per heavy atom. The maximum atomic E-state index is 13.3. The van der Waals surface area contributed by atoms with Crippen molar-refractivity contribution in [2.24, 2.45) is 5.92 Å². The first-order chi connectivity index (χ1) is 24.4. The molecule has 1 saturated carbocycles. The molecule has 0 bridgehead atoms. The molecule has 0 radical (unpaired) electrons. The van der Waals surface area contributed by atoms with Gasteiger partial charge in [0, 0.05) is 41.0 Å². The molecule has 52 heavy (non-hydrogen) atoms. The molecule has 10 atom stereocenters. The average molecular weight is 737 g/mol. The fourth-order valence-corrected chi connectivity index (χ4v) is 6.62. The summed E-state index contributed by atoms with van der Waals surface area (Å²) in [4.78, 5) is 87.5. The number of benzene rings is 1. The van der Waals surface area contributed by atoms with Gasteiger partial charge in [0.1, 0.15) is 30.0 Å². The number of rotatable bonds is 11. The van der Waals surface area contributed by atoms with E-state index >= 15 is 0 Å². The number of hydrogen-bond donors (Lipinski definition) is 1. The van der Waals surface area contributed by atoms with Gasteiger partial charge in [-0.15, -0.1) is 0 Å². The summed E-state index contributed by atoms with van der Waals surface area (Å²) in [6.45, 7) is 6.02. The van der Waals surface area contributed by atoms with Crippen LogP contribution in [-0.4, -0.2) is 115 Å². The molecular weight excluding hydrogens is 696 g/mol. The van der Waals surface area contributed by atoms with E-state index in [2.05, 4.69) is 0 Å². The zero-order chi connectivity index (χ0) is 38.5. The molecule has 1 aromatic carbocycles. The Morgan fingerprint density at radius 3 is 1.92 bits per heavy atom. The van der Waals surface area contributed by atoms with Crippen LogP contribution in [0.4, 0.5) is 0 Å². The summed E-state index contributed by atoms with van der Waals surface area (Å²) in [5.41, 5.74) is -4.68. The van der Waals surface area contributed by atoms with Gasteiger partial charge in [-0.2, -0.15) is 0 Å². The van der Waals surface area contributed by atoms with Crippen LogP contribution in [0.2, 0.25) is 0 Å². The Morgan fingerprint density at radius 2 is 1.37 bits per heavy atom. The quantitative estimate of drug-likeness (QED) is 0.244. The molecule has 2 heterocycles. The van der Waals surface area contributed by atoms with Crippen LogP contribution in [0.15, 0.2) is 42.2 Å². The van der Waals surface area contributed by atoms with E-state index in [0.29, 0.717) is 0 Å². The van der Waals surface area contributed by atoms with Crippen LogP contribution in [0, 0.1) is 5.92 Å². The van der Waals surface area contributed by atoms with Crippen molar-refractivity contribution >= 4 is 41.8 Å². The molecule has 1 saturated heterocycles. The maximum absolute atomic E-state index is 13.3. The zero-order valence-electron chi connectivity index (χ0n) is 29.4. The van der Waals surface area contributed by atoms with E-state index in [9.17, 15) is 38.7 Å². The summed E-state index contributed by atoms with van der Waals surface area (Å²) < 4.78 is 55.9. The zero-order valence-corrected chi connectivity index (χ0v) is 29.4. The molecule has 2 aliphatic heterocycles. The number of hydrogen-bond acceptors (Lipinski definition) is 18. The fourth-order valence-electron chi connectivity index (χ4n) is 6.62. The highest BCUT2D eigenvalue weighted by atomic mass is 16.8. The normalized spacial score (nSPS) is 32.0. The molecule has 1 aliphatic carbocycles. The Bertz CT molecular complexity index is 1590. The van der Waals surface area contributed by atoms with Gasteiger partial charge in [0.15, 0.2) is 23.9 Å². The van der Waals surface area contributed by atoms with Gasteiger partial charge in [-0.25, -0.2) is 9.59 Å². The van der Waals surface area contributed by atoms with Gasteiger partial charge < -0.3 is 52.5 Å². The van der Waals surface area contributed by atoms with Crippen LogP contribution in [0.5, 0.6) is 0 Å². The van der Waals surface area contributed by atoms with Crippen LogP contribution in [0.1, 0.15) is 58.3 Å². The first kappa shape index (κ1) is 39.7. The van der Waals surface area contributed by atoms with Gasteiger partial charge in [0.05, 0.1) is 24.9 Å². The molecule has 3 aliphatic rings. The number of carbonyl (C=O) groups is 7. The summed E-state index contributed by atoms with van der Waals surface area (Å²) in [6, 6.07) is 7.80. The lowest BCUT2D eigenvalue weighted by Gasteiger charge is -2.48. The van der Waals surface area contributed by atoms with Crippen LogP contribution in [0.25, 0.3) is 0 Å². The summed E-state index contributed by atoms with van der Waals surface area (Å²) in [5.74, 6) is -7.84. The predicted molar refractivity (Wildman–Crippen MR) is 167 cm³/mol. The first-order valence-electron chi connectivity index (χ1n) is 16.0. The van der Waals surface area contributed by atoms with Crippen molar-refractivity contribution in [2.45, 2.75) is 102 Å². The molecule has 0 unspecified atom stereocenters. The van der Waals surface area contributed by atoms with Crippen LogP contribution in [-0.2, 0) is 76.1 Å². The lowest BCUT2D eigenvalue weighted by atomic mass is 9.77. The molecule has 0 aromatic heterocycles. The number of ether oxygens (including phenoxy) is 10. The molecule has 0 amide bonds. The fraction of sp³-hybridized carbons (Fsp3) is 0.559. The smallest absolute Gasteiger partial charge is 0.339 e. The number of esters is 7. The third-order valence-electron chi connectivity index (χ3n) is 8.57. The molecule has 2 fully saturated rings. The predicted octanol–water partition coefficient (Wildman–Crippen LogP) is 0.798. The van der Waals surface area contributed by atoms with E-state index in [0.717, 1.165) is 48.0 Å². The van der Waals surface area contributed by atoms with Crippen molar-refractivity contribution < 1.29 is 86.0 Å². The standard InChI is InChI=1S/C34H40O18/c1-16(35)44-15-23-25(46-17(2)36)26(47-18(3)37)27(48-19(4)38)31(49-23)51-32-28-33(6,52-20(5)39)24(50-29(40)21-11-9-8-10-12-21)13-34(28,42)22(14-45-32)30(41)43-7/h8-12,14,23-28,31-32,42H,13,15H2,1-7H3/t23-,24+,25-,26+,27-,28-,31+,32+,33+,34+/m1/s1. The van der Waals surface area contributed by atoms with E-state index < -0.39 is 121 Å². The van der Waals surface area contributed by atoms with Gasteiger partial charge in [0.2, 0.25) is 12.6 Å². The second kappa shape index (κ2) is 16.1. The van der Waals surface area contributed by atoms with E-state index in [-0.39, 0.29) is 5.56 Å². The molecule has 1 N–H and O–H groups in total. The Hall–Kier alpha value is -5.07. The summed E-state index contributed by atoms with van der Waals surface area (Å²) in [6.07, 6.45) is -11.0. The minimum atomic E-state index is -2.35. The van der Waals surface area contributed by atoms with Gasteiger partial charge in [-0.3, -0.25) is 24.0 Å². The average Bonchev–Trinajstić information content (AvgIpc) is 3.27. The van der Waals surface area contributed by atoms with Crippen molar-refractivity contribution in [3.63, 3.8) is 0 Å². The molecule has 18 nitrogen and oxygen atoms in total. The van der Waals surface area contributed by atoms with Crippen molar-refractivity contribution in [1.82, 2.24) is 0 Å². The third kappa shape index (κ3) is 8.51. The molecule has 18 heteroatoms. The third-order valence-corrected chi connectivity index (χ3v) is 8.57. The largest absolute Gasteiger partial charge is 0.471 e. The molecule has 284 valence electrons. The van der Waals surface area contributed by atoms with Gasteiger partial charge in [-0.05, 0) is 19.1 Å². The SMILES string of the molecule is COC(=O)C1=CO[C@@H](O[C@@H]2O[C@H](COC(C)=O)[C@@H](OC(C)=O)[C@H](OC(C)=O)[C@H]2OC(C)=O)[C@@H]2[C@@](C)(OC(C)=O)[C@@H](OC(=O)c3ccccc3)C[C@]12O. The summed E-state index contributed by atoms with van der Waals surface area (Å²) >= 11 is 0. The highest BCUT2D eigenvalue weighted by molar-refractivity contribution is 5.91. The summed E-state index contributed by atoms with van der Waals surface area (Å²) in [5, 5.41) is 12.4. The van der Waals surface area contributed by atoms with E-state index in [1.54, 1.807) is 18.2 Å². The van der Waals surface area contributed by atoms with E-state index in [1.807, 2.05) is 0 Å².